The highest BCUT2D eigenvalue weighted by atomic mass is 79.9. The molecule has 0 aromatic carbocycles. The standard InChI is InChI=1S/C6H12Br2O7/c7-1-3-9-5-6-11-13-15-14-12-10-4-2-8/h1-6H2. The molecule has 0 aliphatic carbocycles. The highest BCUT2D eigenvalue weighted by Crippen LogP contribution is 1.89. The van der Waals surface area contributed by atoms with Crippen molar-refractivity contribution in [2.75, 3.05) is 37.1 Å². The van der Waals surface area contributed by atoms with Gasteiger partial charge in [0.1, 0.15) is 6.61 Å². The van der Waals surface area contributed by atoms with Crippen LogP contribution in [0.15, 0.2) is 0 Å². The lowest BCUT2D eigenvalue weighted by Gasteiger charge is -2.01. The zero-order valence-electron chi connectivity index (χ0n) is 7.86. The lowest BCUT2D eigenvalue weighted by Crippen LogP contribution is -2.07. The Bertz CT molecular complexity index is 106. The van der Waals surface area contributed by atoms with E-state index in [1.807, 2.05) is 0 Å². The van der Waals surface area contributed by atoms with Crippen LogP contribution >= 0.6 is 31.9 Å². The third-order valence-electron chi connectivity index (χ3n) is 0.873. The van der Waals surface area contributed by atoms with E-state index >= 15 is 0 Å². The molecule has 0 amide bonds. The third-order valence-corrected chi connectivity index (χ3v) is 1.52. The van der Waals surface area contributed by atoms with Gasteiger partial charge in [-0.2, -0.15) is 0 Å². The van der Waals surface area contributed by atoms with Crippen molar-refractivity contribution in [3.8, 4) is 0 Å². The molecule has 0 heterocycles. The fourth-order valence-corrected chi connectivity index (χ4v) is 0.772. The Kier molecular flexibility index (Phi) is 15.3. The lowest BCUT2D eigenvalue weighted by atomic mass is 10.7. The summed E-state index contributed by atoms with van der Waals surface area (Å²) < 4.78 is 5.03. The molecule has 15 heavy (non-hydrogen) atoms. The first-order valence-electron chi connectivity index (χ1n) is 4.02. The number of alkyl halides is 2. The van der Waals surface area contributed by atoms with Crippen molar-refractivity contribution >= 4 is 31.9 Å². The first-order chi connectivity index (χ1) is 7.41. The molecule has 0 aromatic rings. The van der Waals surface area contributed by atoms with Gasteiger partial charge in [-0.05, 0) is 20.2 Å². The van der Waals surface area contributed by atoms with Crippen LogP contribution in [0.5, 0.6) is 0 Å². The normalized spacial score (nSPS) is 10.8. The van der Waals surface area contributed by atoms with Crippen molar-refractivity contribution in [3.05, 3.63) is 0 Å². The molecule has 0 rings (SSSR count). The summed E-state index contributed by atoms with van der Waals surface area (Å²) in [5.41, 5.74) is 0. The zero-order valence-corrected chi connectivity index (χ0v) is 11.0. The Hall–Kier alpha value is 0.680. The van der Waals surface area contributed by atoms with Gasteiger partial charge in [0, 0.05) is 10.7 Å². The van der Waals surface area contributed by atoms with Gasteiger partial charge in [0.2, 0.25) is 0 Å². The van der Waals surface area contributed by atoms with Crippen molar-refractivity contribution in [2.45, 2.75) is 0 Å². The van der Waals surface area contributed by atoms with Gasteiger partial charge in [-0.1, -0.05) is 31.9 Å². The van der Waals surface area contributed by atoms with E-state index in [0.717, 1.165) is 5.33 Å². The van der Waals surface area contributed by atoms with Gasteiger partial charge in [0.25, 0.3) is 0 Å². The minimum Gasteiger partial charge on any atom is -0.378 e. The van der Waals surface area contributed by atoms with E-state index in [1.165, 1.54) is 0 Å². The first-order valence-corrected chi connectivity index (χ1v) is 6.27. The van der Waals surface area contributed by atoms with Crippen molar-refractivity contribution in [1.82, 2.24) is 0 Å². The van der Waals surface area contributed by atoms with Crippen LogP contribution in [-0.4, -0.2) is 37.1 Å². The van der Waals surface area contributed by atoms with Crippen LogP contribution < -0.4 is 0 Å². The number of hydrogen-bond acceptors (Lipinski definition) is 7. The molecule has 0 radical (unpaired) electrons. The predicted molar refractivity (Wildman–Crippen MR) is 54.7 cm³/mol. The predicted octanol–water partition coefficient (Wildman–Crippen LogP) is 1.47. The SMILES string of the molecule is BrCCOCCOOOOOOCCBr. The van der Waals surface area contributed by atoms with E-state index in [9.17, 15) is 0 Å². The number of ether oxygens (including phenoxy) is 1. The van der Waals surface area contributed by atoms with E-state index in [2.05, 4.69) is 61.8 Å². The van der Waals surface area contributed by atoms with Crippen molar-refractivity contribution in [3.63, 3.8) is 0 Å². The summed E-state index contributed by atoms with van der Waals surface area (Å²) in [6.07, 6.45) is 0. The highest BCUT2D eigenvalue weighted by Gasteiger charge is 1.93. The lowest BCUT2D eigenvalue weighted by molar-refractivity contribution is -0.756. The van der Waals surface area contributed by atoms with Gasteiger partial charge in [-0.15, -0.1) is 0 Å². The molecule has 92 valence electrons. The average molecular weight is 356 g/mol. The summed E-state index contributed by atoms with van der Waals surface area (Å²) >= 11 is 6.30. The van der Waals surface area contributed by atoms with Gasteiger partial charge in [0.05, 0.1) is 19.8 Å². The fraction of sp³-hybridized carbons (Fsp3) is 1.00. The van der Waals surface area contributed by atoms with Gasteiger partial charge in [0.15, 0.2) is 0 Å². The maximum absolute atomic E-state index is 5.03. The molecule has 0 spiro atoms. The van der Waals surface area contributed by atoms with Crippen molar-refractivity contribution < 1.29 is 34.7 Å². The average Bonchev–Trinajstić information content (AvgIpc) is 2.26. The van der Waals surface area contributed by atoms with Gasteiger partial charge >= 0.3 is 0 Å². The van der Waals surface area contributed by atoms with E-state index in [4.69, 9.17) is 4.74 Å². The maximum Gasteiger partial charge on any atom is 0.109 e. The molecular formula is C6H12Br2O7. The molecule has 0 saturated carbocycles. The highest BCUT2D eigenvalue weighted by molar-refractivity contribution is 9.09. The van der Waals surface area contributed by atoms with Crippen LogP contribution in [0.1, 0.15) is 0 Å². The van der Waals surface area contributed by atoms with Crippen LogP contribution in [0.3, 0.4) is 0 Å². The maximum atomic E-state index is 5.03. The second kappa shape index (κ2) is 14.7. The third kappa shape index (κ3) is 14.7. The monoisotopic (exact) mass is 354 g/mol. The summed E-state index contributed by atoms with van der Waals surface area (Å²) in [6.45, 7) is 1.50. The van der Waals surface area contributed by atoms with Gasteiger partial charge in [-0.25, -0.2) is 9.78 Å². The quantitative estimate of drug-likeness (QED) is 0.227. The summed E-state index contributed by atoms with van der Waals surface area (Å²) in [6, 6.07) is 0. The molecule has 0 aliphatic heterocycles. The van der Waals surface area contributed by atoms with E-state index in [1.54, 1.807) is 0 Å². The van der Waals surface area contributed by atoms with E-state index < -0.39 is 0 Å². The summed E-state index contributed by atoms with van der Waals surface area (Å²) in [7, 11) is 0. The number of halogens is 2. The molecule has 0 saturated heterocycles. The van der Waals surface area contributed by atoms with Gasteiger partial charge in [-0.3, -0.25) is 0 Å². The van der Waals surface area contributed by atoms with Crippen LogP contribution in [0.4, 0.5) is 0 Å². The largest absolute Gasteiger partial charge is 0.378 e. The minimum atomic E-state index is 0.207. The number of hydrogen-bond donors (Lipinski definition) is 0. The Balaban J connectivity index is 2.81. The Morgan fingerprint density at radius 1 is 0.600 bits per heavy atom. The smallest absolute Gasteiger partial charge is 0.109 e. The van der Waals surface area contributed by atoms with Crippen LogP contribution in [0.2, 0.25) is 0 Å². The second-order valence-electron chi connectivity index (χ2n) is 1.91. The van der Waals surface area contributed by atoms with E-state index in [0.29, 0.717) is 25.2 Å². The fourth-order valence-electron chi connectivity index (χ4n) is 0.411. The Labute approximate surface area is 104 Å². The number of rotatable bonds is 12. The molecule has 9 heteroatoms. The Morgan fingerprint density at radius 3 is 1.80 bits per heavy atom. The summed E-state index contributed by atoms with van der Waals surface area (Å²) in [5, 5.41) is 17.3. The summed E-state index contributed by atoms with van der Waals surface area (Å²) in [5.74, 6) is 0. The Morgan fingerprint density at radius 2 is 1.20 bits per heavy atom. The van der Waals surface area contributed by atoms with Crippen LogP contribution in [0.25, 0.3) is 0 Å². The molecular weight excluding hydrogens is 344 g/mol. The van der Waals surface area contributed by atoms with Gasteiger partial charge < -0.3 is 4.74 Å². The molecule has 0 fully saturated rings. The molecule has 0 N–H and O–H groups in total. The zero-order chi connectivity index (χ0) is 11.2. The molecule has 0 aliphatic rings. The minimum absolute atomic E-state index is 0.207. The second-order valence-corrected chi connectivity index (χ2v) is 3.49. The van der Waals surface area contributed by atoms with Crippen LogP contribution in [-0.2, 0) is 34.7 Å². The molecule has 0 unspecified atom stereocenters. The van der Waals surface area contributed by atoms with E-state index in [-0.39, 0.29) is 6.61 Å². The molecule has 7 nitrogen and oxygen atoms in total. The first kappa shape index (κ1) is 15.7. The van der Waals surface area contributed by atoms with Crippen LogP contribution in [0, 0.1) is 0 Å². The van der Waals surface area contributed by atoms with Crippen molar-refractivity contribution in [2.24, 2.45) is 0 Å². The molecule has 0 bridgehead atoms. The summed E-state index contributed by atoms with van der Waals surface area (Å²) in [4.78, 5) is 8.84. The van der Waals surface area contributed by atoms with Crippen molar-refractivity contribution in [1.29, 1.82) is 0 Å². The molecule has 0 aromatic heterocycles. The molecule has 0 atom stereocenters. The topological polar surface area (TPSA) is 64.6 Å².